The van der Waals surface area contributed by atoms with E-state index < -0.39 is 0 Å². The summed E-state index contributed by atoms with van der Waals surface area (Å²) in [5, 5.41) is 2.71. The quantitative estimate of drug-likeness (QED) is 0.682. The molecule has 0 bridgehead atoms. The first kappa shape index (κ1) is 8.55. The molecule has 0 atom stereocenters. The molecule has 72 valence electrons. The van der Waals surface area contributed by atoms with E-state index in [9.17, 15) is 9.59 Å². The van der Waals surface area contributed by atoms with E-state index in [0.717, 1.165) is 0 Å². The molecule has 0 aromatic carbocycles. The van der Waals surface area contributed by atoms with Crippen LogP contribution in [0.3, 0.4) is 0 Å². The smallest absolute Gasteiger partial charge is 0.290 e. The van der Waals surface area contributed by atoms with Gasteiger partial charge in [0.2, 0.25) is 0 Å². The van der Waals surface area contributed by atoms with Crippen LogP contribution in [-0.4, -0.2) is 14.3 Å². The molecule has 0 radical (unpaired) electrons. The molecule has 5 heteroatoms. The maximum absolute atomic E-state index is 11.5. The van der Waals surface area contributed by atoms with Gasteiger partial charge in [0.15, 0.2) is 0 Å². The fraction of sp³-hybridized carbons (Fsp3) is 0.111. The van der Waals surface area contributed by atoms with Gasteiger partial charge in [-0.05, 0) is 6.07 Å². The van der Waals surface area contributed by atoms with Gasteiger partial charge in [-0.2, -0.15) is 0 Å². The summed E-state index contributed by atoms with van der Waals surface area (Å²) in [5.41, 5.74) is -0.111. The first-order chi connectivity index (χ1) is 6.70. The van der Waals surface area contributed by atoms with Crippen molar-refractivity contribution in [3.63, 3.8) is 0 Å². The molecule has 0 aliphatic carbocycles. The molecule has 0 amide bonds. The number of pyridine rings is 1. The number of nitrogens with one attached hydrogen (secondary N) is 1. The Kier molecular flexibility index (Phi) is 1.85. The van der Waals surface area contributed by atoms with Crippen molar-refractivity contribution in [2.45, 2.75) is 0 Å². The number of H-pyrrole nitrogens is 1. The lowest BCUT2D eigenvalue weighted by Gasteiger charge is -1.97. The molecular formula is C9H9N3O2. The Morgan fingerprint density at radius 1 is 1.29 bits per heavy atom. The van der Waals surface area contributed by atoms with Crippen LogP contribution in [0, 0.1) is 0 Å². The van der Waals surface area contributed by atoms with Gasteiger partial charge in [-0.1, -0.05) is 6.07 Å². The van der Waals surface area contributed by atoms with Crippen LogP contribution in [-0.2, 0) is 7.05 Å². The summed E-state index contributed by atoms with van der Waals surface area (Å²) in [4.78, 5) is 22.9. The molecule has 0 aliphatic heterocycles. The van der Waals surface area contributed by atoms with Crippen LogP contribution in [0.4, 0.5) is 0 Å². The van der Waals surface area contributed by atoms with Crippen molar-refractivity contribution in [1.82, 2.24) is 14.3 Å². The second-order valence-corrected chi connectivity index (χ2v) is 2.93. The minimum atomic E-state index is -0.224. The lowest BCUT2D eigenvalue weighted by molar-refractivity contribution is 0.738. The molecule has 2 rings (SSSR count). The molecule has 0 saturated heterocycles. The molecule has 2 aromatic rings. The van der Waals surface area contributed by atoms with Crippen molar-refractivity contribution in [2.75, 3.05) is 0 Å². The molecule has 14 heavy (non-hydrogen) atoms. The third kappa shape index (κ3) is 1.19. The average molecular weight is 191 g/mol. The minimum Gasteiger partial charge on any atom is -0.301 e. The van der Waals surface area contributed by atoms with Gasteiger partial charge in [0.25, 0.3) is 11.1 Å². The van der Waals surface area contributed by atoms with Gasteiger partial charge < -0.3 is 5.10 Å². The molecule has 2 heterocycles. The van der Waals surface area contributed by atoms with Crippen molar-refractivity contribution in [2.24, 2.45) is 7.05 Å². The highest BCUT2D eigenvalue weighted by Gasteiger charge is 2.05. The van der Waals surface area contributed by atoms with Crippen molar-refractivity contribution < 1.29 is 0 Å². The largest absolute Gasteiger partial charge is 0.301 e. The van der Waals surface area contributed by atoms with Crippen LogP contribution in [0.15, 0.2) is 40.2 Å². The Morgan fingerprint density at radius 3 is 2.64 bits per heavy atom. The highest BCUT2D eigenvalue weighted by atomic mass is 16.1. The molecule has 0 aliphatic rings. The lowest BCUT2D eigenvalue weighted by atomic mass is 10.4. The van der Waals surface area contributed by atoms with Gasteiger partial charge in [-0.15, -0.1) is 0 Å². The minimum absolute atomic E-state index is 0.218. The molecule has 5 nitrogen and oxygen atoms in total. The normalized spacial score (nSPS) is 10.4. The van der Waals surface area contributed by atoms with Crippen LogP contribution in [0.25, 0.3) is 5.69 Å². The van der Waals surface area contributed by atoms with Crippen LogP contribution >= 0.6 is 0 Å². The predicted octanol–water partition coefficient (Wildman–Crippen LogP) is -0.136. The molecule has 0 unspecified atom stereocenters. The van der Waals surface area contributed by atoms with E-state index in [-0.39, 0.29) is 11.1 Å². The Balaban J connectivity index is 2.73. The number of aromatic nitrogens is 3. The first-order valence-corrected chi connectivity index (χ1v) is 4.12. The number of rotatable bonds is 1. The fourth-order valence-corrected chi connectivity index (χ4v) is 1.25. The second-order valence-electron chi connectivity index (χ2n) is 2.93. The summed E-state index contributed by atoms with van der Waals surface area (Å²) < 4.78 is 2.62. The highest BCUT2D eigenvalue weighted by molar-refractivity contribution is 5.25. The van der Waals surface area contributed by atoms with Crippen LogP contribution in [0.1, 0.15) is 0 Å². The fourth-order valence-electron chi connectivity index (χ4n) is 1.25. The molecule has 0 saturated carbocycles. The van der Waals surface area contributed by atoms with Crippen LogP contribution in [0.5, 0.6) is 0 Å². The SMILES string of the molecule is Cn1[nH]cc(-n2ccccc2=O)c1=O. The van der Waals surface area contributed by atoms with Gasteiger partial charge in [0.05, 0.1) is 0 Å². The number of hydrogen-bond acceptors (Lipinski definition) is 2. The second kappa shape index (κ2) is 3.02. The molecule has 1 N–H and O–H groups in total. The van der Waals surface area contributed by atoms with Crippen molar-refractivity contribution in [3.05, 3.63) is 51.3 Å². The van der Waals surface area contributed by atoms with Crippen LogP contribution < -0.4 is 11.1 Å². The van der Waals surface area contributed by atoms with Gasteiger partial charge in [-0.3, -0.25) is 18.8 Å². The molecule has 0 fully saturated rings. The molecule has 0 spiro atoms. The van der Waals surface area contributed by atoms with E-state index in [1.807, 2.05) is 0 Å². The van der Waals surface area contributed by atoms with Gasteiger partial charge >= 0.3 is 0 Å². The number of aryl methyl sites for hydroxylation is 1. The van der Waals surface area contributed by atoms with E-state index in [4.69, 9.17) is 0 Å². The summed E-state index contributed by atoms with van der Waals surface area (Å²) in [6.07, 6.45) is 3.07. The standard InChI is InChI=1S/C9H9N3O2/c1-11-9(14)7(6-10-11)12-5-3-2-4-8(12)13/h2-6,10H,1H3. The average Bonchev–Trinajstić information content (AvgIpc) is 2.49. The summed E-state index contributed by atoms with van der Waals surface area (Å²) in [6, 6.07) is 4.75. The summed E-state index contributed by atoms with van der Waals surface area (Å²) in [7, 11) is 1.60. The Labute approximate surface area is 79.2 Å². The summed E-state index contributed by atoms with van der Waals surface area (Å²) >= 11 is 0. The van der Waals surface area contributed by atoms with Crippen molar-refractivity contribution in [3.8, 4) is 5.69 Å². The number of nitrogens with zero attached hydrogens (tertiary/aromatic N) is 2. The Morgan fingerprint density at radius 2 is 2.07 bits per heavy atom. The maximum atomic E-state index is 11.5. The Bertz CT molecular complexity index is 562. The maximum Gasteiger partial charge on any atom is 0.290 e. The van der Waals surface area contributed by atoms with E-state index in [1.165, 1.54) is 21.5 Å². The van der Waals surface area contributed by atoms with Crippen molar-refractivity contribution in [1.29, 1.82) is 0 Å². The summed E-state index contributed by atoms with van der Waals surface area (Å²) in [6.45, 7) is 0. The monoisotopic (exact) mass is 191 g/mol. The zero-order chi connectivity index (χ0) is 10.1. The zero-order valence-electron chi connectivity index (χ0n) is 7.60. The first-order valence-electron chi connectivity index (χ1n) is 4.12. The molecular weight excluding hydrogens is 182 g/mol. The van der Waals surface area contributed by atoms with Gasteiger partial charge in [-0.25, -0.2) is 0 Å². The van der Waals surface area contributed by atoms with Gasteiger partial charge in [0.1, 0.15) is 5.69 Å². The van der Waals surface area contributed by atoms with E-state index in [1.54, 1.807) is 25.4 Å². The zero-order valence-corrected chi connectivity index (χ0v) is 7.60. The third-order valence-corrected chi connectivity index (χ3v) is 2.00. The van der Waals surface area contributed by atoms with Gasteiger partial charge in [0, 0.05) is 25.5 Å². The highest BCUT2D eigenvalue weighted by Crippen LogP contribution is 1.94. The van der Waals surface area contributed by atoms with E-state index in [0.29, 0.717) is 5.69 Å². The van der Waals surface area contributed by atoms with E-state index >= 15 is 0 Å². The number of aromatic amines is 1. The molecule has 2 aromatic heterocycles. The third-order valence-electron chi connectivity index (χ3n) is 2.00. The van der Waals surface area contributed by atoms with Crippen molar-refractivity contribution >= 4 is 0 Å². The number of hydrogen-bond donors (Lipinski definition) is 1. The summed E-state index contributed by atoms with van der Waals surface area (Å²) in [5.74, 6) is 0. The topological polar surface area (TPSA) is 59.8 Å². The lowest BCUT2D eigenvalue weighted by Crippen LogP contribution is -2.23. The Hall–Kier alpha value is -2.04. The van der Waals surface area contributed by atoms with Crippen LogP contribution in [0.2, 0.25) is 0 Å². The van der Waals surface area contributed by atoms with E-state index in [2.05, 4.69) is 5.10 Å². The predicted molar refractivity (Wildman–Crippen MR) is 51.6 cm³/mol.